The monoisotopic (exact) mass is 362 g/mol. The fourth-order valence-corrected chi connectivity index (χ4v) is 2.65. The summed E-state index contributed by atoms with van der Waals surface area (Å²) in [5.74, 6) is 0. The van der Waals surface area contributed by atoms with Gasteiger partial charge in [0.25, 0.3) is 0 Å². The van der Waals surface area contributed by atoms with Crippen LogP contribution in [0.2, 0.25) is 0 Å². The molecule has 0 aromatic heterocycles. The fraction of sp³-hybridized carbons (Fsp3) is 0.765. The van der Waals surface area contributed by atoms with Gasteiger partial charge in [-0.05, 0) is 32.8 Å². The van der Waals surface area contributed by atoms with Gasteiger partial charge in [-0.25, -0.2) is 8.93 Å². The smallest absolute Gasteiger partial charge is 0.0972 e. The summed E-state index contributed by atoms with van der Waals surface area (Å²) < 4.78 is 25.4. The van der Waals surface area contributed by atoms with Crippen LogP contribution >= 0.6 is 0 Å². The Labute approximate surface area is 149 Å². The van der Waals surface area contributed by atoms with Crippen molar-refractivity contribution >= 4 is 11.0 Å². The maximum Gasteiger partial charge on any atom is 0.0972 e. The second-order valence-corrected chi connectivity index (χ2v) is 7.98. The van der Waals surface area contributed by atoms with Crippen molar-refractivity contribution in [2.24, 2.45) is 0 Å². The van der Waals surface area contributed by atoms with Crippen LogP contribution in [0.5, 0.6) is 0 Å². The highest BCUT2D eigenvalue weighted by molar-refractivity contribution is 7.84. The van der Waals surface area contributed by atoms with E-state index < -0.39 is 11.0 Å². The van der Waals surface area contributed by atoms with Crippen LogP contribution in [0, 0.1) is 0 Å². The van der Waals surface area contributed by atoms with Gasteiger partial charge in [0, 0.05) is 51.6 Å². The Morgan fingerprint density at radius 3 is 2.58 bits per heavy atom. The van der Waals surface area contributed by atoms with E-state index >= 15 is 0 Å². The summed E-state index contributed by atoms with van der Waals surface area (Å²) in [5.41, 5.74) is 1.63. The van der Waals surface area contributed by atoms with Crippen LogP contribution in [-0.2, 0) is 20.5 Å². The summed E-state index contributed by atoms with van der Waals surface area (Å²) in [7, 11) is 2.41. The fourth-order valence-electron chi connectivity index (χ4n) is 1.71. The summed E-state index contributed by atoms with van der Waals surface area (Å²) in [5, 5.41) is 12.4. The van der Waals surface area contributed by atoms with Crippen LogP contribution < -0.4 is 10.0 Å². The van der Waals surface area contributed by atoms with E-state index in [9.17, 15) is 9.32 Å². The Hall–Kier alpha value is -0.890. The molecular weight excluding hydrogens is 328 g/mol. The molecule has 0 rings (SSSR count). The number of aliphatic hydroxyl groups is 1. The molecule has 0 saturated heterocycles. The molecule has 0 spiro atoms. The number of hydrogen-bond donors (Lipinski definition) is 3. The molecule has 142 valence electrons. The molecule has 0 aromatic carbocycles. The summed E-state index contributed by atoms with van der Waals surface area (Å²) >= 11 is 0. The molecule has 0 saturated carbocycles. The Balaban J connectivity index is 4.33. The summed E-state index contributed by atoms with van der Waals surface area (Å²) in [6.07, 6.45) is 5.26. The molecular formula is C17H34N2O4S. The molecule has 7 heteroatoms. The SMILES string of the molecule is CCC(C)(C)S(=O)NCC/C(=C/C(=C/O)COCCCOC)NC. The zero-order valence-corrected chi connectivity index (χ0v) is 16.5. The lowest BCUT2D eigenvalue weighted by Crippen LogP contribution is -2.36. The van der Waals surface area contributed by atoms with Crippen molar-refractivity contribution in [1.29, 1.82) is 0 Å². The van der Waals surface area contributed by atoms with E-state index in [2.05, 4.69) is 10.0 Å². The van der Waals surface area contributed by atoms with Crippen LogP contribution in [0.15, 0.2) is 23.6 Å². The molecule has 0 amide bonds. The van der Waals surface area contributed by atoms with Gasteiger partial charge in [-0.2, -0.15) is 0 Å². The number of hydrogen-bond acceptors (Lipinski definition) is 5. The number of methoxy groups -OCH3 is 1. The molecule has 0 heterocycles. The van der Waals surface area contributed by atoms with E-state index in [0.717, 1.165) is 24.8 Å². The van der Waals surface area contributed by atoms with Gasteiger partial charge >= 0.3 is 0 Å². The van der Waals surface area contributed by atoms with Crippen molar-refractivity contribution in [2.45, 2.75) is 44.8 Å². The van der Waals surface area contributed by atoms with Gasteiger partial charge in [0.2, 0.25) is 0 Å². The number of nitrogens with one attached hydrogen (secondary N) is 2. The third kappa shape index (κ3) is 10.1. The van der Waals surface area contributed by atoms with Gasteiger partial charge in [0.05, 0.1) is 28.6 Å². The normalized spacial score (nSPS) is 14.7. The Kier molecular flexibility index (Phi) is 12.9. The van der Waals surface area contributed by atoms with E-state index in [0.29, 0.717) is 38.4 Å². The number of ether oxygens (including phenoxy) is 2. The van der Waals surface area contributed by atoms with Gasteiger partial charge in [-0.3, -0.25) is 0 Å². The first kappa shape index (κ1) is 23.1. The molecule has 6 nitrogen and oxygen atoms in total. The Morgan fingerprint density at radius 1 is 1.33 bits per heavy atom. The number of rotatable bonds is 14. The summed E-state index contributed by atoms with van der Waals surface area (Å²) in [4.78, 5) is 0. The van der Waals surface area contributed by atoms with Crippen LogP contribution in [0.3, 0.4) is 0 Å². The number of aliphatic hydroxyl groups excluding tert-OH is 1. The predicted octanol–water partition coefficient (Wildman–Crippen LogP) is 2.42. The van der Waals surface area contributed by atoms with Crippen molar-refractivity contribution in [3.63, 3.8) is 0 Å². The largest absolute Gasteiger partial charge is 0.515 e. The van der Waals surface area contributed by atoms with E-state index in [1.807, 2.05) is 33.9 Å². The van der Waals surface area contributed by atoms with Crippen LogP contribution in [0.4, 0.5) is 0 Å². The van der Waals surface area contributed by atoms with Crippen molar-refractivity contribution < 1.29 is 18.8 Å². The molecule has 1 atom stereocenters. The minimum absolute atomic E-state index is 0.240. The first-order valence-corrected chi connectivity index (χ1v) is 9.49. The second kappa shape index (κ2) is 13.4. The van der Waals surface area contributed by atoms with Crippen molar-refractivity contribution in [3.05, 3.63) is 23.6 Å². The molecule has 0 aromatic rings. The van der Waals surface area contributed by atoms with Crippen LogP contribution in [-0.4, -0.2) is 54.6 Å². The molecule has 0 aliphatic rings. The third-order valence-electron chi connectivity index (χ3n) is 3.73. The van der Waals surface area contributed by atoms with Gasteiger partial charge in [-0.1, -0.05) is 6.92 Å². The lowest BCUT2D eigenvalue weighted by molar-refractivity contribution is 0.117. The van der Waals surface area contributed by atoms with Gasteiger partial charge in [0.1, 0.15) is 0 Å². The molecule has 24 heavy (non-hydrogen) atoms. The highest BCUT2D eigenvalue weighted by Crippen LogP contribution is 2.15. The van der Waals surface area contributed by atoms with Crippen molar-refractivity contribution in [3.8, 4) is 0 Å². The standard InChI is InChI=1S/C17H34N2O4S/c1-6-17(2,3)24(21)19-9-8-16(18-4)12-15(13-20)14-23-11-7-10-22-5/h12-13,18-20H,6-11,14H2,1-5H3/b15-13-,16-12-. The first-order valence-electron chi connectivity index (χ1n) is 8.34. The Bertz CT molecular complexity index is 423. The molecule has 0 aliphatic carbocycles. The van der Waals surface area contributed by atoms with Gasteiger partial charge in [0.15, 0.2) is 0 Å². The van der Waals surface area contributed by atoms with Crippen molar-refractivity contribution in [1.82, 2.24) is 10.0 Å². The zero-order chi connectivity index (χ0) is 18.4. The van der Waals surface area contributed by atoms with Crippen molar-refractivity contribution in [2.75, 3.05) is 40.5 Å². The molecule has 0 fully saturated rings. The average molecular weight is 363 g/mol. The minimum atomic E-state index is -1.08. The van der Waals surface area contributed by atoms with E-state index in [4.69, 9.17) is 9.47 Å². The van der Waals surface area contributed by atoms with E-state index in [-0.39, 0.29) is 4.75 Å². The van der Waals surface area contributed by atoms with Crippen LogP contribution in [0.1, 0.15) is 40.0 Å². The summed E-state index contributed by atoms with van der Waals surface area (Å²) in [6.45, 7) is 8.18. The third-order valence-corrected chi connectivity index (χ3v) is 5.49. The maximum absolute atomic E-state index is 12.2. The summed E-state index contributed by atoms with van der Waals surface area (Å²) in [6, 6.07) is 0. The Morgan fingerprint density at radius 2 is 2.04 bits per heavy atom. The maximum atomic E-state index is 12.2. The van der Waals surface area contributed by atoms with Gasteiger partial charge < -0.3 is 19.9 Å². The molecule has 0 radical (unpaired) electrons. The van der Waals surface area contributed by atoms with Crippen LogP contribution in [0.25, 0.3) is 0 Å². The average Bonchev–Trinajstić information content (AvgIpc) is 2.58. The molecule has 1 unspecified atom stereocenters. The molecule has 0 aliphatic heterocycles. The topological polar surface area (TPSA) is 79.8 Å². The lowest BCUT2D eigenvalue weighted by Gasteiger charge is -2.22. The highest BCUT2D eigenvalue weighted by Gasteiger charge is 2.23. The molecule has 3 N–H and O–H groups in total. The predicted molar refractivity (Wildman–Crippen MR) is 100 cm³/mol. The zero-order valence-electron chi connectivity index (χ0n) is 15.7. The molecule has 0 bridgehead atoms. The lowest BCUT2D eigenvalue weighted by atomic mass is 10.1. The van der Waals surface area contributed by atoms with E-state index in [1.54, 1.807) is 7.11 Å². The minimum Gasteiger partial charge on any atom is -0.515 e. The van der Waals surface area contributed by atoms with Gasteiger partial charge in [-0.15, -0.1) is 0 Å². The highest BCUT2D eigenvalue weighted by atomic mass is 32.2. The second-order valence-electron chi connectivity index (χ2n) is 6.05. The van der Waals surface area contributed by atoms with E-state index in [1.165, 1.54) is 0 Å². The first-order chi connectivity index (χ1) is 11.4. The quantitative estimate of drug-likeness (QED) is 0.251.